The summed E-state index contributed by atoms with van der Waals surface area (Å²) in [6.45, 7) is 6.81. The highest BCUT2D eigenvalue weighted by molar-refractivity contribution is 5.90. The van der Waals surface area contributed by atoms with Crippen molar-refractivity contribution in [3.8, 4) is 0 Å². The molecule has 122 valence electrons. The van der Waals surface area contributed by atoms with Crippen molar-refractivity contribution in [3.05, 3.63) is 46.8 Å². The normalized spacial score (nSPS) is 17.5. The smallest absolute Gasteiger partial charge is 0.322 e. The molecule has 0 radical (unpaired) electrons. The van der Waals surface area contributed by atoms with Gasteiger partial charge < -0.3 is 14.7 Å². The number of hydrogen-bond acceptors (Lipinski definition) is 3. The fourth-order valence-electron chi connectivity index (χ4n) is 3.02. The number of likely N-dealkylation sites (tertiary alicyclic amines) is 1. The van der Waals surface area contributed by atoms with E-state index in [4.69, 9.17) is 4.52 Å². The Morgan fingerprint density at radius 1 is 1.39 bits per heavy atom. The molecule has 1 fully saturated rings. The number of carbonyl (C=O) groups is 1. The molecule has 2 amide bonds. The number of benzene rings is 1. The van der Waals surface area contributed by atoms with Crippen LogP contribution in [-0.4, -0.2) is 22.6 Å². The summed E-state index contributed by atoms with van der Waals surface area (Å²) in [7, 11) is 0. The molecular weight excluding hydrogens is 290 g/mol. The summed E-state index contributed by atoms with van der Waals surface area (Å²) in [6, 6.07) is 7.94. The minimum Gasteiger partial charge on any atom is -0.359 e. The maximum absolute atomic E-state index is 12.7. The Bertz CT molecular complexity index is 708. The van der Waals surface area contributed by atoms with Crippen LogP contribution < -0.4 is 5.32 Å². The van der Waals surface area contributed by atoms with Gasteiger partial charge in [0.05, 0.1) is 11.7 Å². The molecule has 5 nitrogen and oxygen atoms in total. The zero-order chi connectivity index (χ0) is 16.4. The van der Waals surface area contributed by atoms with Crippen molar-refractivity contribution in [3.63, 3.8) is 0 Å². The summed E-state index contributed by atoms with van der Waals surface area (Å²) in [5, 5.41) is 7.09. The molecule has 0 unspecified atom stereocenters. The van der Waals surface area contributed by atoms with Gasteiger partial charge in [0.15, 0.2) is 5.76 Å². The molecule has 0 aliphatic carbocycles. The van der Waals surface area contributed by atoms with Gasteiger partial charge in [-0.05, 0) is 50.3 Å². The standard InChI is InChI=1S/C18H23N3O2/c1-4-14-11-17(23-20-14)16-6-5-9-21(16)18(22)19-15-10-12(2)7-8-13(15)3/h7-8,10-11,16H,4-6,9H2,1-3H3,(H,19,22)/t16-/m1/s1. The maximum Gasteiger partial charge on any atom is 0.322 e. The number of aromatic nitrogens is 1. The molecule has 1 aromatic heterocycles. The van der Waals surface area contributed by atoms with E-state index in [9.17, 15) is 4.79 Å². The van der Waals surface area contributed by atoms with Gasteiger partial charge in [0, 0.05) is 18.3 Å². The second-order valence-corrected chi connectivity index (χ2v) is 6.17. The predicted molar refractivity (Wildman–Crippen MR) is 89.5 cm³/mol. The molecule has 23 heavy (non-hydrogen) atoms. The molecule has 1 saturated heterocycles. The quantitative estimate of drug-likeness (QED) is 0.923. The summed E-state index contributed by atoms with van der Waals surface area (Å²) in [4.78, 5) is 14.5. The van der Waals surface area contributed by atoms with Crippen LogP contribution in [0.2, 0.25) is 0 Å². The lowest BCUT2D eigenvalue weighted by Gasteiger charge is -2.23. The van der Waals surface area contributed by atoms with Gasteiger partial charge in [-0.15, -0.1) is 0 Å². The third kappa shape index (κ3) is 3.23. The van der Waals surface area contributed by atoms with Crippen LogP contribution in [0.5, 0.6) is 0 Å². The molecule has 1 atom stereocenters. The van der Waals surface area contributed by atoms with Gasteiger partial charge in [-0.3, -0.25) is 0 Å². The fourth-order valence-corrected chi connectivity index (χ4v) is 3.02. The number of anilines is 1. The van der Waals surface area contributed by atoms with E-state index in [-0.39, 0.29) is 12.1 Å². The number of aryl methyl sites for hydroxylation is 3. The largest absolute Gasteiger partial charge is 0.359 e. The van der Waals surface area contributed by atoms with Crippen LogP contribution in [-0.2, 0) is 6.42 Å². The molecule has 1 aliphatic heterocycles. The lowest BCUT2D eigenvalue weighted by atomic mass is 10.1. The van der Waals surface area contributed by atoms with Gasteiger partial charge in [-0.25, -0.2) is 4.79 Å². The Morgan fingerprint density at radius 3 is 2.96 bits per heavy atom. The van der Waals surface area contributed by atoms with Crippen LogP contribution in [0.3, 0.4) is 0 Å². The molecular formula is C18H23N3O2. The number of rotatable bonds is 3. The Kier molecular flexibility index (Phi) is 4.37. The van der Waals surface area contributed by atoms with E-state index in [2.05, 4.69) is 10.5 Å². The molecule has 0 saturated carbocycles. The number of nitrogens with zero attached hydrogens (tertiary/aromatic N) is 2. The summed E-state index contributed by atoms with van der Waals surface area (Å²) in [6.07, 6.45) is 2.73. The first-order valence-corrected chi connectivity index (χ1v) is 8.19. The minimum absolute atomic E-state index is 0.0204. The first-order valence-electron chi connectivity index (χ1n) is 8.19. The number of nitrogens with one attached hydrogen (secondary N) is 1. The molecule has 0 spiro atoms. The lowest BCUT2D eigenvalue weighted by Crippen LogP contribution is -2.34. The Hall–Kier alpha value is -2.30. The number of urea groups is 1. The topological polar surface area (TPSA) is 58.4 Å². The van der Waals surface area contributed by atoms with Crippen molar-refractivity contribution in [1.82, 2.24) is 10.1 Å². The summed E-state index contributed by atoms with van der Waals surface area (Å²) >= 11 is 0. The Balaban J connectivity index is 1.76. The van der Waals surface area contributed by atoms with E-state index in [1.807, 2.05) is 49.9 Å². The van der Waals surface area contributed by atoms with Crippen LogP contribution in [0.1, 0.15) is 48.4 Å². The minimum atomic E-state index is -0.0735. The van der Waals surface area contributed by atoms with Gasteiger partial charge in [0.25, 0.3) is 0 Å². The highest BCUT2D eigenvalue weighted by Crippen LogP contribution is 2.33. The van der Waals surface area contributed by atoms with Gasteiger partial charge >= 0.3 is 6.03 Å². The highest BCUT2D eigenvalue weighted by atomic mass is 16.5. The van der Waals surface area contributed by atoms with E-state index in [1.165, 1.54) is 0 Å². The molecule has 5 heteroatoms. The highest BCUT2D eigenvalue weighted by Gasteiger charge is 2.33. The van der Waals surface area contributed by atoms with Crippen LogP contribution in [0, 0.1) is 13.8 Å². The number of hydrogen-bond donors (Lipinski definition) is 1. The summed E-state index contributed by atoms with van der Waals surface area (Å²) in [5.74, 6) is 0.787. The van der Waals surface area contributed by atoms with Gasteiger partial charge in [-0.2, -0.15) is 0 Å². The van der Waals surface area contributed by atoms with E-state index >= 15 is 0 Å². The van der Waals surface area contributed by atoms with Crippen LogP contribution >= 0.6 is 0 Å². The lowest BCUT2D eigenvalue weighted by molar-refractivity contribution is 0.195. The SMILES string of the molecule is CCc1cc([C@H]2CCCN2C(=O)Nc2cc(C)ccc2C)on1. The second kappa shape index (κ2) is 6.44. The first kappa shape index (κ1) is 15.6. The van der Waals surface area contributed by atoms with Gasteiger partial charge in [0.2, 0.25) is 0 Å². The maximum atomic E-state index is 12.7. The van der Waals surface area contributed by atoms with Crippen molar-refractivity contribution in [2.75, 3.05) is 11.9 Å². The number of carbonyl (C=O) groups excluding carboxylic acids is 1. The van der Waals surface area contributed by atoms with Crippen molar-refractivity contribution < 1.29 is 9.32 Å². The van der Waals surface area contributed by atoms with Crippen molar-refractivity contribution in [2.45, 2.75) is 46.1 Å². The van der Waals surface area contributed by atoms with Gasteiger partial charge in [-0.1, -0.05) is 24.2 Å². The average molecular weight is 313 g/mol. The van der Waals surface area contributed by atoms with Crippen molar-refractivity contribution >= 4 is 11.7 Å². The molecule has 3 rings (SSSR count). The molecule has 1 aromatic carbocycles. The van der Waals surface area contributed by atoms with Gasteiger partial charge in [0.1, 0.15) is 0 Å². The fraction of sp³-hybridized carbons (Fsp3) is 0.444. The Morgan fingerprint density at radius 2 is 2.22 bits per heavy atom. The summed E-state index contributed by atoms with van der Waals surface area (Å²) in [5.41, 5.74) is 3.99. The third-order valence-electron chi connectivity index (χ3n) is 4.42. The molecule has 1 N–H and O–H groups in total. The van der Waals surface area contributed by atoms with E-state index in [0.29, 0.717) is 0 Å². The third-order valence-corrected chi connectivity index (χ3v) is 4.42. The molecule has 2 aromatic rings. The van der Waals surface area contributed by atoms with Crippen LogP contribution in [0.15, 0.2) is 28.8 Å². The van der Waals surface area contributed by atoms with Crippen LogP contribution in [0.4, 0.5) is 10.5 Å². The van der Waals surface area contributed by atoms with Crippen molar-refractivity contribution in [2.24, 2.45) is 0 Å². The predicted octanol–water partition coefficient (Wildman–Crippen LogP) is 4.22. The van der Waals surface area contributed by atoms with E-state index in [1.54, 1.807) is 0 Å². The monoisotopic (exact) mass is 313 g/mol. The molecule has 2 heterocycles. The summed E-state index contributed by atoms with van der Waals surface area (Å²) < 4.78 is 5.44. The number of amides is 2. The second-order valence-electron chi connectivity index (χ2n) is 6.17. The first-order chi connectivity index (χ1) is 11.1. The Labute approximate surface area is 136 Å². The zero-order valence-corrected chi connectivity index (χ0v) is 13.9. The average Bonchev–Trinajstić information content (AvgIpc) is 3.18. The van der Waals surface area contributed by atoms with Crippen molar-refractivity contribution in [1.29, 1.82) is 0 Å². The molecule has 0 bridgehead atoms. The molecule has 1 aliphatic rings. The van der Waals surface area contributed by atoms with Crippen LogP contribution in [0.25, 0.3) is 0 Å². The zero-order valence-electron chi connectivity index (χ0n) is 13.9. The van der Waals surface area contributed by atoms with E-state index in [0.717, 1.165) is 54.1 Å². The van der Waals surface area contributed by atoms with E-state index < -0.39 is 0 Å².